The lowest BCUT2D eigenvalue weighted by Gasteiger charge is -2.28. The van der Waals surface area contributed by atoms with Crippen LogP contribution < -0.4 is 0 Å². The minimum absolute atomic E-state index is 0.0457. The normalized spacial score (nSPS) is 12.7. The number of benzene rings is 7. The van der Waals surface area contributed by atoms with Gasteiger partial charge in [-0.15, -0.1) is 0 Å². The van der Waals surface area contributed by atoms with Crippen molar-refractivity contribution < 1.29 is 5.11 Å². The highest BCUT2D eigenvalue weighted by Crippen LogP contribution is 2.47. The molecular weight excluding hydrogens is 887 g/mol. The van der Waals surface area contributed by atoms with E-state index >= 15 is 0 Å². The van der Waals surface area contributed by atoms with Gasteiger partial charge in [0, 0.05) is 28.5 Å². The van der Waals surface area contributed by atoms with E-state index in [4.69, 9.17) is 9.97 Å². The first kappa shape index (κ1) is 50.9. The number of phenols is 1. The Bertz CT molecular complexity index is 3500. The second-order valence-electron chi connectivity index (χ2n) is 25.5. The SMILES string of the molecule is Cc1cc(-n2c(-c3cc(C(C)(C)C)cc(C(C)(C)C)c3O)nc3c(-c4cc(-c5cc(-c6ccc(C(C)(C)C)cc6)ccn5)cc(C(C)(C)C)c4)cccc32)c(-c2ccccc2)cc1-c1ccc(C(C)(C)C)cc1. The third kappa shape index (κ3) is 10.2. The number of rotatable bonds is 7. The largest absolute Gasteiger partial charge is 0.507 e. The highest BCUT2D eigenvalue weighted by Gasteiger charge is 2.30. The summed E-state index contributed by atoms with van der Waals surface area (Å²) < 4.78 is 2.32. The summed E-state index contributed by atoms with van der Waals surface area (Å²) in [6.45, 7) is 35.8. The molecule has 9 aromatic rings. The van der Waals surface area contributed by atoms with E-state index in [1.807, 2.05) is 6.20 Å². The lowest BCUT2D eigenvalue weighted by molar-refractivity contribution is 0.446. The molecule has 0 saturated heterocycles. The van der Waals surface area contributed by atoms with Crippen LogP contribution in [0.5, 0.6) is 5.75 Å². The molecule has 372 valence electrons. The number of hydrogen-bond acceptors (Lipinski definition) is 3. The van der Waals surface area contributed by atoms with Crippen LogP contribution in [0.15, 0.2) is 158 Å². The van der Waals surface area contributed by atoms with E-state index in [1.54, 1.807) is 0 Å². The Morgan fingerprint density at radius 2 is 0.959 bits per heavy atom. The molecule has 0 atom stereocenters. The number of para-hydroxylation sites is 1. The molecule has 9 rings (SSSR count). The monoisotopic (exact) mass is 962 g/mol. The molecule has 2 aromatic heterocycles. The number of aryl methyl sites for hydroxylation is 1. The Hall–Kier alpha value is -7.04. The van der Waals surface area contributed by atoms with Crippen LogP contribution in [0.1, 0.15) is 137 Å². The summed E-state index contributed by atoms with van der Waals surface area (Å²) in [5.74, 6) is 0.942. The summed E-state index contributed by atoms with van der Waals surface area (Å²) in [6, 6.07) is 55.6. The Morgan fingerprint density at radius 1 is 0.397 bits per heavy atom. The molecule has 0 fully saturated rings. The van der Waals surface area contributed by atoms with Crippen molar-refractivity contribution in [3.05, 3.63) is 191 Å². The van der Waals surface area contributed by atoms with Crippen molar-refractivity contribution >= 4 is 11.0 Å². The van der Waals surface area contributed by atoms with E-state index in [0.717, 1.165) is 78.0 Å². The quantitative estimate of drug-likeness (QED) is 0.173. The summed E-state index contributed by atoms with van der Waals surface area (Å²) in [6.07, 6.45) is 1.93. The van der Waals surface area contributed by atoms with Gasteiger partial charge in [0.25, 0.3) is 0 Å². The van der Waals surface area contributed by atoms with Gasteiger partial charge in [0.1, 0.15) is 11.6 Å². The summed E-state index contributed by atoms with van der Waals surface area (Å²) in [5, 5.41) is 12.7. The minimum atomic E-state index is -0.344. The standard InChI is InChI=1S/C69H75N3O/c1-43-35-61(56(45-21-18-17-19-22-45)42-55(43)46-27-31-51(32-28-46)66(5,6)7)72-60-24-20-23-54(62(60)71-64(72)57-40-53(68(11,12)13)41-58(63(57)73)69(14,15)16)48-36-49(38-52(37-48)67(8,9)10)59-39-47(33-34-70-59)44-25-29-50(30-26-44)65(2,3)4/h17-42,73H,1-16H3. The Balaban J connectivity index is 1.33. The zero-order valence-electron chi connectivity index (χ0n) is 46.3. The maximum atomic E-state index is 12.7. The van der Waals surface area contributed by atoms with Crippen molar-refractivity contribution in [3.8, 4) is 78.6 Å². The van der Waals surface area contributed by atoms with Crippen molar-refractivity contribution in [2.24, 2.45) is 0 Å². The summed E-state index contributed by atoms with van der Waals surface area (Å²) in [4.78, 5) is 10.8. The molecule has 7 aromatic carbocycles. The highest BCUT2D eigenvalue weighted by atomic mass is 16.3. The number of pyridine rings is 1. The van der Waals surface area contributed by atoms with Crippen LogP contribution in [0.3, 0.4) is 0 Å². The molecule has 0 aliphatic carbocycles. The van der Waals surface area contributed by atoms with E-state index in [1.165, 1.54) is 27.8 Å². The third-order valence-electron chi connectivity index (χ3n) is 14.7. The van der Waals surface area contributed by atoms with Crippen molar-refractivity contribution in [2.45, 2.75) is 138 Å². The molecule has 4 heteroatoms. The minimum Gasteiger partial charge on any atom is -0.507 e. The van der Waals surface area contributed by atoms with Gasteiger partial charge in [0.15, 0.2) is 0 Å². The molecule has 0 saturated carbocycles. The fourth-order valence-corrected chi connectivity index (χ4v) is 10.0. The van der Waals surface area contributed by atoms with Gasteiger partial charge in [0.05, 0.1) is 28.0 Å². The van der Waals surface area contributed by atoms with E-state index in [9.17, 15) is 5.11 Å². The van der Waals surface area contributed by atoms with Crippen LogP contribution in [-0.4, -0.2) is 19.6 Å². The van der Waals surface area contributed by atoms with Gasteiger partial charge in [-0.1, -0.05) is 207 Å². The van der Waals surface area contributed by atoms with E-state index < -0.39 is 0 Å². The first-order valence-corrected chi connectivity index (χ1v) is 26.1. The fraction of sp³-hybridized carbons (Fsp3) is 0.304. The van der Waals surface area contributed by atoms with Crippen LogP contribution >= 0.6 is 0 Å². The van der Waals surface area contributed by atoms with Crippen LogP contribution in [0.4, 0.5) is 0 Å². The Kier molecular flexibility index (Phi) is 12.9. The molecule has 0 radical (unpaired) electrons. The lowest BCUT2D eigenvalue weighted by Crippen LogP contribution is -2.17. The fourth-order valence-electron chi connectivity index (χ4n) is 10.0. The number of aromatic nitrogens is 3. The molecule has 0 aliphatic rings. The number of phenolic OH excluding ortho intramolecular Hbond substituents is 1. The number of nitrogens with zero attached hydrogens (tertiary/aromatic N) is 3. The first-order chi connectivity index (χ1) is 34.2. The molecule has 73 heavy (non-hydrogen) atoms. The van der Waals surface area contributed by atoms with E-state index in [0.29, 0.717) is 11.4 Å². The van der Waals surface area contributed by atoms with Gasteiger partial charge in [-0.05, 0) is 144 Å². The molecule has 0 amide bonds. The van der Waals surface area contributed by atoms with Crippen LogP contribution in [-0.2, 0) is 27.1 Å². The second kappa shape index (κ2) is 18.5. The Morgan fingerprint density at radius 3 is 1.55 bits per heavy atom. The molecule has 0 unspecified atom stereocenters. The predicted octanol–water partition coefficient (Wildman–Crippen LogP) is 18.9. The van der Waals surface area contributed by atoms with Crippen molar-refractivity contribution in [2.75, 3.05) is 0 Å². The molecule has 0 bridgehead atoms. The smallest absolute Gasteiger partial charge is 0.149 e. The van der Waals surface area contributed by atoms with Gasteiger partial charge in [-0.2, -0.15) is 0 Å². The van der Waals surface area contributed by atoms with Crippen LogP contribution in [0, 0.1) is 6.92 Å². The predicted molar refractivity (Wildman–Crippen MR) is 311 cm³/mol. The first-order valence-electron chi connectivity index (χ1n) is 26.1. The zero-order valence-corrected chi connectivity index (χ0v) is 46.3. The average Bonchev–Trinajstić information content (AvgIpc) is 3.72. The molecule has 0 spiro atoms. The molecule has 4 nitrogen and oxygen atoms in total. The maximum absolute atomic E-state index is 12.7. The molecular formula is C69H75N3O. The number of fused-ring (bicyclic) bond motifs is 1. The van der Waals surface area contributed by atoms with Gasteiger partial charge >= 0.3 is 0 Å². The Labute approximate surface area is 436 Å². The summed E-state index contributed by atoms with van der Waals surface area (Å²) in [7, 11) is 0. The van der Waals surface area contributed by atoms with Crippen molar-refractivity contribution in [1.82, 2.24) is 14.5 Å². The molecule has 2 heterocycles. The molecule has 1 N–H and O–H groups in total. The van der Waals surface area contributed by atoms with E-state index in [-0.39, 0.29) is 32.8 Å². The van der Waals surface area contributed by atoms with Gasteiger partial charge in [-0.25, -0.2) is 4.98 Å². The third-order valence-corrected chi connectivity index (χ3v) is 14.7. The number of hydrogen-bond donors (Lipinski definition) is 1. The molecule has 0 aliphatic heterocycles. The summed E-state index contributed by atoms with van der Waals surface area (Å²) >= 11 is 0. The van der Waals surface area contributed by atoms with Crippen molar-refractivity contribution in [1.29, 1.82) is 0 Å². The van der Waals surface area contributed by atoms with Gasteiger partial charge < -0.3 is 5.11 Å². The second-order valence-corrected chi connectivity index (χ2v) is 25.5. The van der Waals surface area contributed by atoms with E-state index in [2.05, 4.69) is 267 Å². The highest BCUT2D eigenvalue weighted by molar-refractivity contribution is 5.98. The van der Waals surface area contributed by atoms with Gasteiger partial charge in [0.2, 0.25) is 0 Å². The van der Waals surface area contributed by atoms with Gasteiger partial charge in [-0.3, -0.25) is 9.55 Å². The lowest BCUT2D eigenvalue weighted by atomic mass is 9.79. The average molecular weight is 962 g/mol. The number of aromatic hydroxyl groups is 1. The van der Waals surface area contributed by atoms with Crippen LogP contribution in [0.2, 0.25) is 0 Å². The number of imidazole rings is 1. The maximum Gasteiger partial charge on any atom is 0.149 e. The van der Waals surface area contributed by atoms with Crippen LogP contribution in [0.25, 0.3) is 83.9 Å². The van der Waals surface area contributed by atoms with Crippen molar-refractivity contribution in [3.63, 3.8) is 0 Å². The zero-order chi connectivity index (χ0) is 52.6. The topological polar surface area (TPSA) is 50.9 Å². The summed E-state index contributed by atoms with van der Waals surface area (Å²) in [5.41, 5.74) is 20.7.